The van der Waals surface area contributed by atoms with Crippen LogP contribution in [0, 0.1) is 0 Å². The first-order chi connectivity index (χ1) is 12.7. The molecular weight excluding hydrogens is 340 g/mol. The summed E-state index contributed by atoms with van der Waals surface area (Å²) in [5.41, 5.74) is 1.45. The third-order valence-electron chi connectivity index (χ3n) is 3.74. The highest BCUT2D eigenvalue weighted by Gasteiger charge is 2.16. The van der Waals surface area contributed by atoms with E-state index < -0.39 is 5.97 Å². The van der Waals surface area contributed by atoms with Gasteiger partial charge < -0.3 is 23.8 Å². The molecule has 0 amide bonds. The predicted octanol–water partition coefficient (Wildman–Crippen LogP) is 2.67. The van der Waals surface area contributed by atoms with Gasteiger partial charge in [-0.15, -0.1) is 0 Å². The molecule has 3 aromatic rings. The minimum Gasteiger partial charge on any atom is -0.484 e. The van der Waals surface area contributed by atoms with E-state index in [1.165, 1.54) is 0 Å². The number of nitrogens with zero attached hydrogens (tertiary/aromatic N) is 2. The van der Waals surface area contributed by atoms with Crippen molar-refractivity contribution in [3.63, 3.8) is 0 Å². The maximum Gasteiger partial charge on any atom is 0.307 e. The van der Waals surface area contributed by atoms with Gasteiger partial charge in [-0.05, 0) is 35.9 Å². The smallest absolute Gasteiger partial charge is 0.307 e. The fourth-order valence-electron chi connectivity index (χ4n) is 2.49. The van der Waals surface area contributed by atoms with Gasteiger partial charge in [0.05, 0.1) is 6.42 Å². The summed E-state index contributed by atoms with van der Waals surface area (Å²) in [6.45, 7) is 0.311. The Balaban J connectivity index is 1.40. The topological polar surface area (TPSA) is 104 Å². The van der Waals surface area contributed by atoms with Crippen molar-refractivity contribution in [3.05, 3.63) is 53.9 Å². The number of carboxylic acid groups (broad SMARTS) is 1. The predicted molar refractivity (Wildman–Crippen MR) is 88.0 cm³/mol. The van der Waals surface area contributed by atoms with Gasteiger partial charge in [0.15, 0.2) is 18.1 Å². The normalized spacial score (nSPS) is 12.2. The van der Waals surface area contributed by atoms with E-state index in [4.69, 9.17) is 23.8 Å². The Morgan fingerprint density at radius 1 is 1.12 bits per heavy atom. The molecule has 1 N–H and O–H groups in total. The molecule has 26 heavy (non-hydrogen) atoms. The van der Waals surface area contributed by atoms with E-state index in [0.717, 1.165) is 5.56 Å². The van der Waals surface area contributed by atoms with Crippen molar-refractivity contribution in [3.8, 4) is 28.6 Å². The lowest BCUT2D eigenvalue weighted by molar-refractivity contribution is -0.136. The lowest BCUT2D eigenvalue weighted by Gasteiger charge is -2.03. The zero-order chi connectivity index (χ0) is 17.9. The molecule has 0 spiro atoms. The van der Waals surface area contributed by atoms with E-state index in [-0.39, 0.29) is 19.8 Å². The molecule has 0 radical (unpaired) electrons. The van der Waals surface area contributed by atoms with Gasteiger partial charge in [0, 0.05) is 5.56 Å². The van der Waals surface area contributed by atoms with E-state index in [9.17, 15) is 4.79 Å². The summed E-state index contributed by atoms with van der Waals surface area (Å²) in [4.78, 5) is 15.0. The van der Waals surface area contributed by atoms with E-state index in [1.807, 2.05) is 6.07 Å². The molecule has 4 rings (SSSR count). The molecule has 0 aliphatic carbocycles. The second-order valence-electron chi connectivity index (χ2n) is 5.58. The molecule has 132 valence electrons. The monoisotopic (exact) mass is 354 g/mol. The fraction of sp³-hybridized carbons (Fsp3) is 0.167. The Morgan fingerprint density at radius 3 is 2.73 bits per heavy atom. The van der Waals surface area contributed by atoms with Gasteiger partial charge in [0.2, 0.25) is 12.6 Å². The van der Waals surface area contributed by atoms with E-state index in [1.54, 1.807) is 36.4 Å². The van der Waals surface area contributed by atoms with E-state index >= 15 is 0 Å². The van der Waals surface area contributed by atoms with Crippen LogP contribution in [0.25, 0.3) is 11.4 Å². The van der Waals surface area contributed by atoms with Crippen LogP contribution in [0.3, 0.4) is 0 Å². The highest BCUT2D eigenvalue weighted by Crippen LogP contribution is 2.35. The van der Waals surface area contributed by atoms with Crippen molar-refractivity contribution >= 4 is 5.97 Å². The number of hydrogen-bond acceptors (Lipinski definition) is 7. The largest absolute Gasteiger partial charge is 0.484 e. The Morgan fingerprint density at radius 2 is 1.92 bits per heavy atom. The van der Waals surface area contributed by atoms with Crippen molar-refractivity contribution in [2.75, 3.05) is 6.79 Å². The number of fused-ring (bicyclic) bond motifs is 1. The van der Waals surface area contributed by atoms with E-state index in [2.05, 4.69) is 10.1 Å². The molecule has 0 unspecified atom stereocenters. The minimum absolute atomic E-state index is 0.0250. The van der Waals surface area contributed by atoms with Crippen LogP contribution < -0.4 is 14.2 Å². The Kier molecular flexibility index (Phi) is 4.14. The number of ether oxygens (including phenoxy) is 3. The lowest BCUT2D eigenvalue weighted by Crippen LogP contribution is -2.00. The summed E-state index contributed by atoms with van der Waals surface area (Å²) in [5, 5.41) is 12.7. The average molecular weight is 354 g/mol. The average Bonchev–Trinajstić information content (AvgIpc) is 3.29. The first-order valence-corrected chi connectivity index (χ1v) is 7.83. The van der Waals surface area contributed by atoms with Gasteiger partial charge in [-0.25, -0.2) is 0 Å². The Hall–Kier alpha value is -3.55. The highest BCUT2D eigenvalue weighted by molar-refractivity contribution is 5.70. The quantitative estimate of drug-likeness (QED) is 0.720. The Bertz CT molecular complexity index is 935. The second kappa shape index (κ2) is 6.75. The number of aromatic nitrogens is 2. The standard InChI is InChI=1S/C18H14N2O6/c21-17(22)7-11-1-4-13(5-2-11)23-9-16-19-18(20-26-16)12-3-6-14-15(8-12)25-10-24-14/h1-6,8H,7,9-10H2,(H,21,22). The molecule has 1 aliphatic rings. The van der Waals surface area contributed by atoms with E-state index in [0.29, 0.717) is 34.5 Å². The Labute approximate surface area is 147 Å². The summed E-state index contributed by atoms with van der Waals surface area (Å²) in [5.74, 6) is 1.80. The first kappa shape index (κ1) is 15.9. The summed E-state index contributed by atoms with van der Waals surface area (Å²) in [6.07, 6.45) is -0.0250. The number of aliphatic carboxylic acids is 1. The summed E-state index contributed by atoms with van der Waals surface area (Å²) in [7, 11) is 0. The summed E-state index contributed by atoms with van der Waals surface area (Å²) in [6, 6.07) is 12.2. The molecular formula is C18H14N2O6. The molecule has 1 aliphatic heterocycles. The third kappa shape index (κ3) is 3.44. The maximum absolute atomic E-state index is 10.7. The van der Waals surface area contributed by atoms with Crippen LogP contribution in [-0.4, -0.2) is 28.0 Å². The van der Waals surface area contributed by atoms with Crippen molar-refractivity contribution in [1.29, 1.82) is 0 Å². The molecule has 0 fully saturated rings. The van der Waals surface area contributed by atoms with Gasteiger partial charge >= 0.3 is 5.97 Å². The SMILES string of the molecule is O=C(O)Cc1ccc(OCc2nc(-c3ccc4c(c3)OCO4)no2)cc1. The molecule has 0 saturated heterocycles. The van der Waals surface area contributed by atoms with Crippen LogP contribution >= 0.6 is 0 Å². The van der Waals surface area contributed by atoms with Crippen LogP contribution in [-0.2, 0) is 17.8 Å². The van der Waals surface area contributed by atoms with Crippen molar-refractivity contribution in [2.24, 2.45) is 0 Å². The number of carbonyl (C=O) groups is 1. The second-order valence-corrected chi connectivity index (χ2v) is 5.58. The van der Waals surface area contributed by atoms with Gasteiger partial charge in [0.1, 0.15) is 5.75 Å². The minimum atomic E-state index is -0.874. The van der Waals surface area contributed by atoms with Gasteiger partial charge in [-0.2, -0.15) is 4.98 Å². The van der Waals surface area contributed by atoms with Crippen LogP contribution in [0.5, 0.6) is 17.2 Å². The van der Waals surface area contributed by atoms with Crippen molar-refractivity contribution < 1.29 is 28.6 Å². The molecule has 8 nitrogen and oxygen atoms in total. The van der Waals surface area contributed by atoms with Crippen LogP contribution in [0.4, 0.5) is 0 Å². The summed E-state index contributed by atoms with van der Waals surface area (Å²) < 4.78 is 21.4. The lowest BCUT2D eigenvalue weighted by atomic mass is 10.1. The van der Waals surface area contributed by atoms with Gasteiger partial charge in [-0.3, -0.25) is 4.79 Å². The fourth-order valence-corrected chi connectivity index (χ4v) is 2.49. The van der Waals surface area contributed by atoms with Crippen molar-refractivity contribution in [1.82, 2.24) is 10.1 Å². The van der Waals surface area contributed by atoms with Crippen molar-refractivity contribution in [2.45, 2.75) is 13.0 Å². The molecule has 2 aromatic carbocycles. The number of rotatable bonds is 6. The van der Waals surface area contributed by atoms with Gasteiger partial charge in [-0.1, -0.05) is 17.3 Å². The third-order valence-corrected chi connectivity index (χ3v) is 3.74. The number of hydrogen-bond donors (Lipinski definition) is 1. The zero-order valence-electron chi connectivity index (χ0n) is 13.5. The molecule has 0 saturated carbocycles. The molecule has 1 aromatic heterocycles. The number of carboxylic acids is 1. The molecule has 2 heterocycles. The molecule has 8 heteroatoms. The van der Waals surface area contributed by atoms with Crippen LogP contribution in [0.1, 0.15) is 11.5 Å². The molecule has 0 atom stereocenters. The van der Waals surface area contributed by atoms with Gasteiger partial charge in [0.25, 0.3) is 5.89 Å². The zero-order valence-corrected chi connectivity index (χ0v) is 13.5. The number of benzene rings is 2. The van der Waals surface area contributed by atoms with Crippen LogP contribution in [0.2, 0.25) is 0 Å². The first-order valence-electron chi connectivity index (χ1n) is 7.83. The molecule has 0 bridgehead atoms. The maximum atomic E-state index is 10.7. The summed E-state index contributed by atoms with van der Waals surface area (Å²) >= 11 is 0. The van der Waals surface area contributed by atoms with Crippen LogP contribution in [0.15, 0.2) is 47.0 Å². The highest BCUT2D eigenvalue weighted by atomic mass is 16.7.